The highest BCUT2D eigenvalue weighted by Gasteiger charge is 2.48. The van der Waals surface area contributed by atoms with Crippen LogP contribution in [0.3, 0.4) is 0 Å². The molecule has 0 amide bonds. The van der Waals surface area contributed by atoms with E-state index in [9.17, 15) is 4.39 Å². The third-order valence-electron chi connectivity index (χ3n) is 6.90. The maximum Gasteiger partial charge on any atom is 0.182 e. The van der Waals surface area contributed by atoms with Gasteiger partial charge in [-0.05, 0) is 47.9 Å². The molecule has 2 aromatic heterocycles. The molecule has 6 rings (SSSR count). The molecule has 10 heteroatoms. The largest absolute Gasteiger partial charge is 0.485 e. The minimum absolute atomic E-state index is 0.0901. The molecule has 2 N–H and O–H groups in total. The summed E-state index contributed by atoms with van der Waals surface area (Å²) >= 11 is 2.21. The van der Waals surface area contributed by atoms with Gasteiger partial charge in [-0.3, -0.25) is 0 Å². The molecular weight excluding hydrogens is 526 g/mol. The van der Waals surface area contributed by atoms with Crippen molar-refractivity contribution in [2.75, 3.05) is 24.6 Å². The molecule has 2 atom stereocenters. The van der Waals surface area contributed by atoms with Gasteiger partial charge in [0.15, 0.2) is 15.6 Å². The van der Waals surface area contributed by atoms with Crippen LogP contribution in [0.5, 0.6) is 5.75 Å². The van der Waals surface area contributed by atoms with Gasteiger partial charge >= 0.3 is 0 Å². The Bertz CT molecular complexity index is 1170. The molecule has 1 spiro atoms. The van der Waals surface area contributed by atoms with Gasteiger partial charge < -0.3 is 20.1 Å². The van der Waals surface area contributed by atoms with E-state index < -0.39 is 5.60 Å². The van der Waals surface area contributed by atoms with Crippen molar-refractivity contribution in [3.8, 4) is 5.75 Å². The Hall–Kier alpha value is -2.05. The highest BCUT2D eigenvalue weighted by atomic mass is 127. The first-order valence-electron chi connectivity index (χ1n) is 11.1. The smallest absolute Gasteiger partial charge is 0.182 e. The summed E-state index contributed by atoms with van der Waals surface area (Å²) in [6, 6.07) is 4.36. The Labute approximate surface area is 198 Å². The number of hydrogen-bond donors (Lipinski definition) is 1. The summed E-state index contributed by atoms with van der Waals surface area (Å²) in [6.07, 6.45) is 6.32. The Morgan fingerprint density at radius 2 is 2.06 bits per heavy atom. The molecule has 1 unspecified atom stereocenters. The van der Waals surface area contributed by atoms with Crippen molar-refractivity contribution < 1.29 is 13.9 Å². The SMILES string of the molecule is N[C@@H]1c2ccc(F)cc2OC12CCN(c1cnc3c(I)nn(C4CCCCO4)c3n1)CC2. The first-order chi connectivity index (χ1) is 15.5. The zero-order chi connectivity index (χ0) is 21.9. The van der Waals surface area contributed by atoms with Gasteiger partial charge in [0.1, 0.15) is 28.5 Å². The summed E-state index contributed by atoms with van der Waals surface area (Å²) in [5.74, 6) is 1.08. The van der Waals surface area contributed by atoms with Crippen molar-refractivity contribution >= 4 is 39.6 Å². The van der Waals surface area contributed by atoms with Crippen LogP contribution in [0, 0.1) is 9.52 Å². The Morgan fingerprint density at radius 1 is 1.22 bits per heavy atom. The predicted molar refractivity (Wildman–Crippen MR) is 125 cm³/mol. The number of fused-ring (bicyclic) bond motifs is 2. The third kappa shape index (κ3) is 3.26. The molecule has 1 aromatic carbocycles. The first-order valence-corrected chi connectivity index (χ1v) is 12.1. The molecule has 8 nitrogen and oxygen atoms in total. The van der Waals surface area contributed by atoms with Crippen molar-refractivity contribution in [3.05, 3.63) is 39.5 Å². The minimum Gasteiger partial charge on any atom is -0.485 e. The van der Waals surface area contributed by atoms with E-state index in [-0.39, 0.29) is 18.1 Å². The topological polar surface area (TPSA) is 91.3 Å². The van der Waals surface area contributed by atoms with Gasteiger partial charge in [-0.1, -0.05) is 6.07 Å². The van der Waals surface area contributed by atoms with Gasteiger partial charge in [0.25, 0.3) is 0 Å². The van der Waals surface area contributed by atoms with Crippen molar-refractivity contribution in [1.29, 1.82) is 0 Å². The number of rotatable bonds is 2. The van der Waals surface area contributed by atoms with Gasteiger partial charge in [-0.25, -0.2) is 19.0 Å². The molecule has 3 aliphatic heterocycles. The maximum absolute atomic E-state index is 13.7. The monoisotopic (exact) mass is 550 g/mol. The quantitative estimate of drug-likeness (QED) is 0.487. The lowest BCUT2D eigenvalue weighted by Crippen LogP contribution is -2.51. The summed E-state index contributed by atoms with van der Waals surface area (Å²) in [4.78, 5) is 11.8. The lowest BCUT2D eigenvalue weighted by atomic mass is 9.83. The van der Waals surface area contributed by atoms with Crippen molar-refractivity contribution in [1.82, 2.24) is 19.7 Å². The molecule has 168 valence electrons. The molecule has 0 saturated carbocycles. The van der Waals surface area contributed by atoms with Gasteiger partial charge in [0, 0.05) is 44.2 Å². The summed E-state index contributed by atoms with van der Waals surface area (Å²) in [5.41, 5.74) is 8.49. The van der Waals surface area contributed by atoms with Crippen LogP contribution in [0.2, 0.25) is 0 Å². The van der Waals surface area contributed by atoms with Crippen molar-refractivity contribution in [2.45, 2.75) is 50.0 Å². The van der Waals surface area contributed by atoms with E-state index in [0.29, 0.717) is 5.75 Å². The lowest BCUT2D eigenvalue weighted by Gasteiger charge is -2.41. The van der Waals surface area contributed by atoms with Crippen LogP contribution < -0.4 is 15.4 Å². The molecule has 3 aromatic rings. The second kappa shape index (κ2) is 7.77. The van der Waals surface area contributed by atoms with E-state index >= 15 is 0 Å². The molecule has 5 heterocycles. The second-order valence-electron chi connectivity index (χ2n) is 8.77. The minimum atomic E-state index is -0.503. The van der Waals surface area contributed by atoms with Crippen molar-refractivity contribution in [2.24, 2.45) is 5.73 Å². The maximum atomic E-state index is 13.7. The number of ether oxygens (including phenoxy) is 2. The normalized spacial score (nSPS) is 24.7. The van der Waals surface area contributed by atoms with Gasteiger partial charge in [0.2, 0.25) is 0 Å². The Balaban J connectivity index is 1.25. The fraction of sp³-hybridized carbons (Fsp3) is 0.500. The molecule has 2 fully saturated rings. The summed E-state index contributed by atoms with van der Waals surface area (Å²) in [6.45, 7) is 2.21. The van der Waals surface area contributed by atoms with E-state index in [4.69, 9.17) is 20.2 Å². The molecule has 0 bridgehead atoms. The number of nitrogens with two attached hydrogens (primary N) is 1. The zero-order valence-corrected chi connectivity index (χ0v) is 19.7. The highest BCUT2D eigenvalue weighted by molar-refractivity contribution is 14.1. The number of nitrogens with zero attached hydrogens (tertiary/aromatic N) is 5. The van der Waals surface area contributed by atoms with E-state index in [0.717, 1.165) is 78.0 Å². The molecular formula is C22H24FIN6O2. The van der Waals surface area contributed by atoms with Crippen LogP contribution in [-0.4, -0.2) is 45.0 Å². The number of anilines is 1. The predicted octanol–water partition coefficient (Wildman–Crippen LogP) is 3.70. The fourth-order valence-corrected chi connectivity index (χ4v) is 5.69. The second-order valence-corrected chi connectivity index (χ2v) is 9.79. The van der Waals surface area contributed by atoms with E-state index in [1.54, 1.807) is 6.07 Å². The van der Waals surface area contributed by atoms with E-state index in [2.05, 4.69) is 37.6 Å². The van der Waals surface area contributed by atoms with Crippen LogP contribution in [0.4, 0.5) is 10.2 Å². The lowest BCUT2D eigenvalue weighted by molar-refractivity contribution is -0.0372. The third-order valence-corrected chi connectivity index (χ3v) is 7.63. The number of hydrogen-bond acceptors (Lipinski definition) is 7. The van der Waals surface area contributed by atoms with Gasteiger partial charge in [-0.15, -0.1) is 0 Å². The standard InChI is InChI=1S/C22H24FIN6O2/c23-13-4-5-14-15(11-13)32-22(19(14)25)6-8-29(9-7-22)16-12-26-18-20(24)28-30(21(18)27-16)17-3-1-2-10-31-17/h4-5,11-12,17,19H,1-3,6-10,25H2/t17?,19-/m1/s1. The number of benzene rings is 1. The highest BCUT2D eigenvalue weighted by Crippen LogP contribution is 2.47. The number of halogens is 2. The summed E-state index contributed by atoms with van der Waals surface area (Å²) in [7, 11) is 0. The summed E-state index contributed by atoms with van der Waals surface area (Å²) in [5, 5.41) is 4.67. The van der Waals surface area contributed by atoms with Gasteiger partial charge in [0.05, 0.1) is 12.2 Å². The first kappa shape index (κ1) is 20.5. The fourth-order valence-electron chi connectivity index (χ4n) is 5.08. The van der Waals surface area contributed by atoms with Crippen LogP contribution in [0.1, 0.15) is 49.9 Å². The molecule has 2 saturated heterocycles. The molecule has 3 aliphatic rings. The van der Waals surface area contributed by atoms with Crippen LogP contribution in [0.25, 0.3) is 11.2 Å². The Morgan fingerprint density at radius 3 is 2.84 bits per heavy atom. The molecule has 32 heavy (non-hydrogen) atoms. The number of aromatic nitrogens is 4. The van der Waals surface area contributed by atoms with Gasteiger partial charge in [-0.2, -0.15) is 5.10 Å². The van der Waals surface area contributed by atoms with E-state index in [1.165, 1.54) is 12.1 Å². The number of piperidine rings is 1. The van der Waals surface area contributed by atoms with Crippen LogP contribution >= 0.6 is 22.6 Å². The molecule has 0 radical (unpaired) electrons. The average molecular weight is 550 g/mol. The zero-order valence-electron chi connectivity index (χ0n) is 17.5. The van der Waals surface area contributed by atoms with Crippen LogP contribution in [0.15, 0.2) is 24.4 Å². The average Bonchev–Trinajstić information content (AvgIpc) is 3.28. The summed E-state index contributed by atoms with van der Waals surface area (Å²) < 4.78 is 28.6. The van der Waals surface area contributed by atoms with Crippen LogP contribution in [-0.2, 0) is 4.74 Å². The molecule has 0 aliphatic carbocycles. The Kier molecular flexibility index (Phi) is 4.99. The van der Waals surface area contributed by atoms with E-state index in [1.807, 2.05) is 10.9 Å². The van der Waals surface area contributed by atoms with Crippen molar-refractivity contribution in [3.63, 3.8) is 0 Å².